The largest absolute Gasteiger partial charge is 0.454 e. The van der Waals surface area contributed by atoms with Crippen LogP contribution in [-0.2, 0) is 0 Å². The van der Waals surface area contributed by atoms with Crippen LogP contribution in [0.15, 0.2) is 59.1 Å². The minimum Gasteiger partial charge on any atom is -0.454 e. The Hall–Kier alpha value is -2.31. The van der Waals surface area contributed by atoms with Gasteiger partial charge in [0.05, 0.1) is 10.9 Å². The molecule has 2 aromatic carbocycles. The van der Waals surface area contributed by atoms with Gasteiger partial charge in [-0.3, -0.25) is 4.79 Å². The number of benzene rings is 2. The molecule has 1 N–H and O–H groups in total. The van der Waals surface area contributed by atoms with E-state index in [1.165, 1.54) is 11.3 Å². The Morgan fingerprint density at radius 2 is 1.85 bits per heavy atom. The van der Waals surface area contributed by atoms with Crippen LogP contribution in [0.1, 0.15) is 28.2 Å². The van der Waals surface area contributed by atoms with Gasteiger partial charge in [0.2, 0.25) is 6.79 Å². The van der Waals surface area contributed by atoms with Gasteiger partial charge in [-0.15, -0.1) is 11.3 Å². The number of nitrogens with one attached hydrogen (secondary N) is 1. The molecule has 0 unspecified atom stereocenters. The zero-order chi connectivity index (χ0) is 18.1. The second-order valence-corrected chi connectivity index (χ2v) is 7.98. The molecule has 1 aromatic heterocycles. The lowest BCUT2D eigenvalue weighted by molar-refractivity contribution is 0.0944. The molecule has 1 atom stereocenters. The number of hydrogen-bond donors (Lipinski definition) is 1. The summed E-state index contributed by atoms with van der Waals surface area (Å²) in [5, 5.41) is 3.05. The van der Waals surface area contributed by atoms with Crippen LogP contribution in [0.25, 0.3) is 10.4 Å². The van der Waals surface area contributed by atoms with Gasteiger partial charge in [-0.05, 0) is 60.5 Å². The average molecular weight is 430 g/mol. The van der Waals surface area contributed by atoms with Gasteiger partial charge in [-0.1, -0.05) is 28.1 Å². The summed E-state index contributed by atoms with van der Waals surface area (Å²) in [4.78, 5) is 14.3. The summed E-state index contributed by atoms with van der Waals surface area (Å²) < 4.78 is 11.8. The molecule has 4 rings (SSSR count). The molecule has 0 radical (unpaired) electrons. The Morgan fingerprint density at radius 3 is 2.65 bits per heavy atom. The van der Waals surface area contributed by atoms with Crippen molar-refractivity contribution in [1.82, 2.24) is 5.32 Å². The second-order valence-electron chi connectivity index (χ2n) is 5.98. The maximum Gasteiger partial charge on any atom is 0.261 e. The number of ether oxygens (including phenoxy) is 2. The molecule has 2 heterocycles. The predicted molar refractivity (Wildman–Crippen MR) is 106 cm³/mol. The Morgan fingerprint density at radius 1 is 1.08 bits per heavy atom. The van der Waals surface area contributed by atoms with Gasteiger partial charge in [-0.25, -0.2) is 0 Å². The minimum absolute atomic E-state index is 0.0632. The highest BCUT2D eigenvalue weighted by atomic mass is 79.9. The molecule has 0 bridgehead atoms. The number of carbonyl (C=O) groups is 1. The van der Waals surface area contributed by atoms with Crippen molar-refractivity contribution in [3.63, 3.8) is 0 Å². The Bertz CT molecular complexity index is 952. The number of hydrogen-bond acceptors (Lipinski definition) is 4. The maximum atomic E-state index is 12.6. The summed E-state index contributed by atoms with van der Waals surface area (Å²) in [6.07, 6.45) is 0. The number of rotatable bonds is 4. The van der Waals surface area contributed by atoms with Crippen LogP contribution in [0.5, 0.6) is 11.5 Å². The molecule has 26 heavy (non-hydrogen) atoms. The van der Waals surface area contributed by atoms with Crippen molar-refractivity contribution in [3.05, 3.63) is 69.5 Å². The number of amides is 1. The Balaban J connectivity index is 1.48. The van der Waals surface area contributed by atoms with E-state index in [1.807, 2.05) is 61.5 Å². The third kappa shape index (κ3) is 3.48. The zero-order valence-corrected chi connectivity index (χ0v) is 16.4. The van der Waals surface area contributed by atoms with Gasteiger partial charge < -0.3 is 14.8 Å². The lowest BCUT2D eigenvalue weighted by atomic mass is 10.1. The van der Waals surface area contributed by atoms with Gasteiger partial charge in [0.15, 0.2) is 11.5 Å². The fourth-order valence-corrected chi connectivity index (χ4v) is 3.94. The van der Waals surface area contributed by atoms with E-state index < -0.39 is 0 Å². The molecule has 1 aliphatic rings. The van der Waals surface area contributed by atoms with Crippen molar-refractivity contribution in [2.45, 2.75) is 13.0 Å². The van der Waals surface area contributed by atoms with Crippen LogP contribution in [0, 0.1) is 0 Å². The van der Waals surface area contributed by atoms with Crippen molar-refractivity contribution in [1.29, 1.82) is 0 Å². The van der Waals surface area contributed by atoms with Crippen molar-refractivity contribution < 1.29 is 14.3 Å². The van der Waals surface area contributed by atoms with Gasteiger partial charge in [0.1, 0.15) is 0 Å². The molecule has 6 heteroatoms. The van der Waals surface area contributed by atoms with Crippen molar-refractivity contribution >= 4 is 33.2 Å². The number of fused-ring (bicyclic) bond motifs is 1. The molecule has 0 aliphatic carbocycles. The Labute approximate surface area is 163 Å². The fourth-order valence-electron chi connectivity index (χ4n) is 2.77. The van der Waals surface area contributed by atoms with Crippen LogP contribution in [0.3, 0.4) is 0 Å². The topological polar surface area (TPSA) is 47.6 Å². The highest BCUT2D eigenvalue weighted by Gasteiger charge is 2.17. The molecular formula is C20H16BrNO3S. The van der Waals surface area contributed by atoms with Crippen molar-refractivity contribution in [2.75, 3.05) is 6.79 Å². The van der Waals surface area contributed by atoms with Gasteiger partial charge >= 0.3 is 0 Å². The molecule has 0 fully saturated rings. The van der Waals surface area contributed by atoms with E-state index in [-0.39, 0.29) is 18.7 Å². The first kappa shape index (κ1) is 17.1. The van der Waals surface area contributed by atoms with Crippen LogP contribution in [0.2, 0.25) is 0 Å². The van der Waals surface area contributed by atoms with E-state index in [2.05, 4.69) is 21.2 Å². The molecule has 0 spiro atoms. The summed E-state index contributed by atoms with van der Waals surface area (Å²) in [6.45, 7) is 2.23. The lowest BCUT2D eigenvalue weighted by Crippen LogP contribution is -2.25. The molecule has 132 valence electrons. The van der Waals surface area contributed by atoms with E-state index in [1.54, 1.807) is 0 Å². The van der Waals surface area contributed by atoms with E-state index in [9.17, 15) is 4.79 Å². The second kappa shape index (κ2) is 7.13. The highest BCUT2D eigenvalue weighted by Crippen LogP contribution is 2.38. The lowest BCUT2D eigenvalue weighted by Gasteiger charge is -2.13. The van der Waals surface area contributed by atoms with E-state index in [0.29, 0.717) is 4.88 Å². The third-order valence-corrected chi connectivity index (χ3v) is 5.87. The predicted octanol–water partition coefficient (Wildman–Crippen LogP) is 5.40. The van der Waals surface area contributed by atoms with Crippen molar-refractivity contribution in [2.24, 2.45) is 0 Å². The molecule has 0 saturated carbocycles. The summed E-state index contributed by atoms with van der Waals surface area (Å²) in [5.41, 5.74) is 2.08. The van der Waals surface area contributed by atoms with Crippen molar-refractivity contribution in [3.8, 4) is 21.9 Å². The molecule has 3 aromatic rings. The van der Waals surface area contributed by atoms with Gasteiger partial charge in [-0.2, -0.15) is 0 Å². The average Bonchev–Trinajstić information content (AvgIpc) is 3.31. The van der Waals surface area contributed by atoms with E-state index >= 15 is 0 Å². The SMILES string of the molecule is C[C@@H](NC(=O)c1ccc(-c2ccc3c(c2)OCO3)s1)c1ccc(Br)cc1. The van der Waals surface area contributed by atoms with Crippen LogP contribution >= 0.6 is 27.3 Å². The number of halogens is 1. The first-order valence-electron chi connectivity index (χ1n) is 8.16. The third-order valence-electron chi connectivity index (χ3n) is 4.20. The first-order chi connectivity index (χ1) is 12.6. The minimum atomic E-state index is -0.0718. The fraction of sp³-hybridized carbons (Fsp3) is 0.150. The smallest absolute Gasteiger partial charge is 0.261 e. The maximum absolute atomic E-state index is 12.6. The summed E-state index contributed by atoms with van der Waals surface area (Å²) in [7, 11) is 0. The van der Waals surface area contributed by atoms with Crippen LogP contribution in [-0.4, -0.2) is 12.7 Å². The normalized spacial score (nSPS) is 13.5. The first-order valence-corrected chi connectivity index (χ1v) is 9.77. The molecule has 1 amide bonds. The standard InChI is InChI=1S/C20H16BrNO3S/c1-12(13-2-5-15(21)6-3-13)22-20(23)19-9-8-18(26-19)14-4-7-16-17(10-14)25-11-24-16/h2-10,12H,11H2,1H3,(H,22,23)/t12-/m1/s1. The molecule has 1 aliphatic heterocycles. The molecule has 4 nitrogen and oxygen atoms in total. The van der Waals surface area contributed by atoms with Crippen LogP contribution in [0.4, 0.5) is 0 Å². The quantitative estimate of drug-likeness (QED) is 0.603. The molecule has 0 saturated heterocycles. The Kier molecular flexibility index (Phi) is 4.70. The number of thiophene rings is 1. The molecular weight excluding hydrogens is 414 g/mol. The summed E-state index contributed by atoms with van der Waals surface area (Å²) in [6, 6.07) is 17.5. The zero-order valence-electron chi connectivity index (χ0n) is 14.0. The van der Waals surface area contributed by atoms with Gasteiger partial charge in [0, 0.05) is 9.35 Å². The summed E-state index contributed by atoms with van der Waals surface area (Å²) in [5.74, 6) is 1.43. The number of carbonyl (C=O) groups excluding carboxylic acids is 1. The summed E-state index contributed by atoms with van der Waals surface area (Å²) >= 11 is 4.89. The van der Waals surface area contributed by atoms with E-state index in [4.69, 9.17) is 9.47 Å². The van der Waals surface area contributed by atoms with Gasteiger partial charge in [0.25, 0.3) is 5.91 Å². The van der Waals surface area contributed by atoms with Crippen LogP contribution < -0.4 is 14.8 Å². The monoisotopic (exact) mass is 429 g/mol. The highest BCUT2D eigenvalue weighted by molar-refractivity contribution is 9.10. The van der Waals surface area contributed by atoms with E-state index in [0.717, 1.165) is 32.0 Å².